The number of hydrogen-bond acceptors (Lipinski definition) is 11. The molecule has 6 unspecified atom stereocenters. The van der Waals surface area contributed by atoms with Crippen LogP contribution in [0.3, 0.4) is 0 Å². The van der Waals surface area contributed by atoms with E-state index >= 15 is 0 Å². The summed E-state index contributed by atoms with van der Waals surface area (Å²) in [5.41, 5.74) is 0. The number of carbonyl (C=O) groups excluding carboxylic acids is 1. The average Bonchev–Trinajstić information content (AvgIpc) is 2.85. The lowest BCUT2D eigenvalue weighted by Gasteiger charge is -2.41. The van der Waals surface area contributed by atoms with Crippen molar-refractivity contribution < 1.29 is 58.7 Å². The van der Waals surface area contributed by atoms with E-state index in [-0.39, 0.29) is 6.42 Å². The van der Waals surface area contributed by atoms with Crippen LogP contribution < -0.4 is 0 Å². The second-order valence-electron chi connectivity index (χ2n) is 9.37. The predicted octanol–water partition coefficient (Wildman–Crippen LogP) is 0.912. The van der Waals surface area contributed by atoms with Gasteiger partial charge in [-0.3, -0.25) is 13.8 Å². The van der Waals surface area contributed by atoms with E-state index in [2.05, 4.69) is 11.4 Å². The van der Waals surface area contributed by atoms with Gasteiger partial charge in [-0.1, -0.05) is 71.1 Å². The summed E-state index contributed by atoms with van der Waals surface area (Å²) in [6, 6.07) is 0. The van der Waals surface area contributed by atoms with Crippen LogP contribution in [-0.4, -0.2) is 97.4 Å². The monoisotopic (exact) mass is 544 g/mol. The molecule has 1 saturated carbocycles. The lowest BCUT2D eigenvalue weighted by atomic mass is 9.85. The lowest BCUT2D eigenvalue weighted by Crippen LogP contribution is -2.64. The van der Waals surface area contributed by atoms with Gasteiger partial charge in [0, 0.05) is 6.42 Å². The zero-order chi connectivity index (χ0) is 27.1. The first-order valence-corrected chi connectivity index (χ1v) is 14.4. The maximum absolute atomic E-state index is 12.2. The van der Waals surface area contributed by atoms with Gasteiger partial charge in [0.1, 0.15) is 42.7 Å². The molecule has 1 aliphatic rings. The molecule has 1 rings (SSSR count). The molecule has 12 nitrogen and oxygen atoms in total. The minimum Gasteiger partial charge on any atom is -0.457 e. The van der Waals surface area contributed by atoms with Gasteiger partial charge in [-0.05, 0) is 6.42 Å². The smallest absolute Gasteiger partial charge is 0.457 e. The van der Waals surface area contributed by atoms with Crippen molar-refractivity contribution in [1.82, 2.24) is 0 Å². The highest BCUT2D eigenvalue weighted by Gasteiger charge is 2.51. The number of phosphoric acid groups is 1. The normalized spacial score (nSPS) is 29.0. The maximum atomic E-state index is 12.2. The first kappa shape index (κ1) is 33.4. The summed E-state index contributed by atoms with van der Waals surface area (Å²) in [6.45, 7) is 0.783. The Balaban J connectivity index is 2.28. The molecule has 0 radical (unpaired) electrons. The zero-order valence-corrected chi connectivity index (χ0v) is 22.0. The van der Waals surface area contributed by atoms with Crippen LogP contribution >= 0.6 is 7.82 Å². The summed E-state index contributed by atoms with van der Waals surface area (Å²) in [6.07, 6.45) is -0.490. The highest BCUT2D eigenvalue weighted by Crippen LogP contribution is 2.47. The third-order valence-corrected chi connectivity index (χ3v) is 7.22. The Morgan fingerprint density at radius 1 is 0.778 bits per heavy atom. The van der Waals surface area contributed by atoms with Gasteiger partial charge in [0.15, 0.2) is 0 Å². The van der Waals surface area contributed by atoms with Crippen molar-refractivity contribution in [3.8, 4) is 0 Å². The highest BCUT2D eigenvalue weighted by atomic mass is 31.2. The number of unbranched alkanes of at least 4 members (excludes halogenated alkanes) is 10. The molecule has 1 aliphatic carbocycles. The van der Waals surface area contributed by atoms with E-state index in [9.17, 15) is 44.9 Å². The van der Waals surface area contributed by atoms with Crippen molar-refractivity contribution in [3.63, 3.8) is 0 Å². The number of ether oxygens (including phenoxy) is 1. The summed E-state index contributed by atoms with van der Waals surface area (Å²) in [5.74, 6) is -0.597. The molecule has 0 aliphatic heterocycles. The summed E-state index contributed by atoms with van der Waals surface area (Å²) >= 11 is 0. The van der Waals surface area contributed by atoms with Crippen molar-refractivity contribution >= 4 is 13.8 Å². The van der Waals surface area contributed by atoms with Gasteiger partial charge in [0.25, 0.3) is 0 Å². The highest BCUT2D eigenvalue weighted by molar-refractivity contribution is 7.47. The molecule has 0 aromatic heterocycles. The first-order valence-electron chi connectivity index (χ1n) is 12.9. The van der Waals surface area contributed by atoms with Gasteiger partial charge in [-0.25, -0.2) is 4.57 Å². The van der Waals surface area contributed by atoms with E-state index in [0.717, 1.165) is 19.3 Å². The lowest BCUT2D eigenvalue weighted by molar-refractivity contribution is -0.220. The molecule has 36 heavy (non-hydrogen) atoms. The van der Waals surface area contributed by atoms with Crippen LogP contribution in [0.4, 0.5) is 0 Å². The van der Waals surface area contributed by atoms with Crippen LogP contribution in [0.5, 0.6) is 0 Å². The van der Waals surface area contributed by atoms with E-state index in [1.807, 2.05) is 0 Å². The van der Waals surface area contributed by atoms with Gasteiger partial charge in [0.2, 0.25) is 0 Å². The number of aliphatic hydroxyl groups is 6. The number of hydrogen-bond donors (Lipinski definition) is 7. The Morgan fingerprint density at radius 3 is 1.69 bits per heavy atom. The Morgan fingerprint density at radius 2 is 1.22 bits per heavy atom. The Labute approximate surface area is 212 Å². The standard InChI is InChI=1S/C23H45O12P/c1-2-3-4-5-6-7-8-9-10-11-12-13-17(25)34-16(14-24)15-33-36(31,32)35-23-21(29)19(27)18(26)20(28)22(23)30/h16,18-24,26-30H,2-15H2,1H3,(H,31,32). The molecule has 0 bridgehead atoms. The number of phosphoric ester groups is 1. The van der Waals surface area contributed by atoms with Crippen LogP contribution in [0, 0.1) is 0 Å². The van der Waals surface area contributed by atoms with Gasteiger partial charge >= 0.3 is 13.8 Å². The van der Waals surface area contributed by atoms with Crippen LogP contribution in [0.2, 0.25) is 0 Å². The topological polar surface area (TPSA) is 203 Å². The Bertz CT molecular complexity index is 635. The van der Waals surface area contributed by atoms with Crippen molar-refractivity contribution in [2.75, 3.05) is 13.2 Å². The fourth-order valence-corrected chi connectivity index (χ4v) is 4.96. The SMILES string of the molecule is CCCCCCCCCCCCCC(=O)OC(CO)COP(=O)(O)OC1C(O)C(O)C(O)C(O)C1O. The molecule has 6 atom stereocenters. The first-order chi connectivity index (χ1) is 17.0. The summed E-state index contributed by atoms with van der Waals surface area (Å²) < 4.78 is 26.6. The van der Waals surface area contributed by atoms with Gasteiger partial charge in [-0.2, -0.15) is 0 Å². The van der Waals surface area contributed by atoms with E-state index in [4.69, 9.17) is 9.26 Å². The molecule has 0 aromatic rings. The van der Waals surface area contributed by atoms with E-state index in [1.165, 1.54) is 44.9 Å². The number of carbonyl (C=O) groups is 1. The van der Waals surface area contributed by atoms with Crippen LogP contribution in [0.25, 0.3) is 0 Å². The number of esters is 1. The minimum absolute atomic E-state index is 0.124. The van der Waals surface area contributed by atoms with Gasteiger partial charge in [0.05, 0.1) is 13.2 Å². The van der Waals surface area contributed by atoms with Crippen molar-refractivity contribution in [2.45, 2.75) is 127 Å². The van der Waals surface area contributed by atoms with Crippen molar-refractivity contribution in [2.24, 2.45) is 0 Å². The Kier molecular flexibility index (Phi) is 16.5. The van der Waals surface area contributed by atoms with Crippen molar-refractivity contribution in [3.05, 3.63) is 0 Å². The molecule has 0 aromatic carbocycles. The quantitative estimate of drug-likeness (QED) is 0.0689. The Hall–Kier alpha value is -0.660. The van der Waals surface area contributed by atoms with E-state index in [1.54, 1.807) is 0 Å². The fraction of sp³-hybridized carbons (Fsp3) is 0.957. The van der Waals surface area contributed by atoms with Gasteiger partial charge < -0.3 is 40.3 Å². The second kappa shape index (κ2) is 17.8. The molecule has 7 N–H and O–H groups in total. The molecule has 0 spiro atoms. The summed E-state index contributed by atoms with van der Waals surface area (Å²) in [5, 5.41) is 58.1. The minimum atomic E-state index is -4.99. The maximum Gasteiger partial charge on any atom is 0.472 e. The third-order valence-electron chi connectivity index (χ3n) is 6.24. The molecule has 13 heteroatoms. The molecule has 0 saturated heterocycles. The molecule has 1 fully saturated rings. The fourth-order valence-electron chi connectivity index (χ4n) is 3.99. The zero-order valence-electron chi connectivity index (χ0n) is 21.1. The second-order valence-corrected chi connectivity index (χ2v) is 10.8. The van der Waals surface area contributed by atoms with Crippen LogP contribution in [0.1, 0.15) is 84.0 Å². The van der Waals surface area contributed by atoms with E-state index < -0.39 is 69.7 Å². The van der Waals surface area contributed by atoms with Crippen molar-refractivity contribution in [1.29, 1.82) is 0 Å². The predicted molar refractivity (Wildman–Crippen MR) is 129 cm³/mol. The third kappa shape index (κ3) is 12.3. The summed E-state index contributed by atoms with van der Waals surface area (Å²) in [7, 11) is -4.99. The molecule has 0 heterocycles. The number of rotatable bonds is 19. The largest absolute Gasteiger partial charge is 0.472 e. The molecular formula is C23H45O12P. The van der Waals surface area contributed by atoms with Crippen LogP contribution in [0.15, 0.2) is 0 Å². The number of aliphatic hydroxyl groups excluding tert-OH is 6. The molecule has 214 valence electrons. The molecule has 0 amide bonds. The van der Waals surface area contributed by atoms with Crippen LogP contribution in [-0.2, 0) is 23.1 Å². The molecular weight excluding hydrogens is 499 g/mol. The summed E-state index contributed by atoms with van der Waals surface area (Å²) in [4.78, 5) is 21.9. The van der Waals surface area contributed by atoms with E-state index in [0.29, 0.717) is 6.42 Å². The average molecular weight is 545 g/mol. The van der Waals surface area contributed by atoms with Gasteiger partial charge in [-0.15, -0.1) is 0 Å².